The molecule has 3 aromatic rings. The summed E-state index contributed by atoms with van der Waals surface area (Å²) in [6.07, 6.45) is 7.59. The number of piperidine rings is 1. The van der Waals surface area contributed by atoms with Gasteiger partial charge in [-0.3, -0.25) is 4.98 Å². The lowest BCUT2D eigenvalue weighted by Gasteiger charge is -2.34. The van der Waals surface area contributed by atoms with Gasteiger partial charge in [-0.15, -0.1) is 0 Å². The number of pyridine rings is 2. The van der Waals surface area contributed by atoms with Crippen LogP contribution in [0.25, 0.3) is 0 Å². The minimum Gasteiger partial charge on any atom is -0.478 e. The highest BCUT2D eigenvalue weighted by Crippen LogP contribution is 2.30. The second-order valence-electron chi connectivity index (χ2n) is 7.15. The number of carboxylic acid groups (broad SMARTS) is 1. The first-order valence-electron chi connectivity index (χ1n) is 9.48. The number of hydrogen-bond acceptors (Lipinski definition) is 5. The van der Waals surface area contributed by atoms with Crippen molar-refractivity contribution in [2.45, 2.75) is 32.2 Å². The summed E-state index contributed by atoms with van der Waals surface area (Å²) in [6, 6.07) is 9.29. The summed E-state index contributed by atoms with van der Waals surface area (Å²) < 4.78 is 2.14. The third-order valence-electron chi connectivity index (χ3n) is 5.14. The van der Waals surface area contributed by atoms with E-state index < -0.39 is 5.97 Å². The van der Waals surface area contributed by atoms with Crippen molar-refractivity contribution in [1.29, 1.82) is 0 Å². The number of nitrogens with zero attached hydrogens (tertiary/aromatic N) is 5. The molecule has 28 heavy (non-hydrogen) atoms. The minimum absolute atomic E-state index is 0.219. The molecule has 1 saturated heterocycles. The molecule has 0 spiro atoms. The number of hydrogen-bond donors (Lipinski definition) is 1. The summed E-state index contributed by atoms with van der Waals surface area (Å²) in [5.41, 5.74) is 2.06. The van der Waals surface area contributed by atoms with E-state index in [4.69, 9.17) is 0 Å². The fraction of sp³-hybridized carbons (Fsp3) is 0.333. The normalized spacial score (nSPS) is 16.9. The largest absolute Gasteiger partial charge is 0.478 e. The molecule has 1 atom stereocenters. The van der Waals surface area contributed by atoms with Gasteiger partial charge in [-0.2, -0.15) is 0 Å². The van der Waals surface area contributed by atoms with E-state index >= 15 is 0 Å². The van der Waals surface area contributed by atoms with Crippen LogP contribution in [-0.4, -0.2) is 43.7 Å². The average Bonchev–Trinajstić information content (AvgIpc) is 3.16. The quantitative estimate of drug-likeness (QED) is 0.735. The van der Waals surface area contributed by atoms with Crippen LogP contribution in [0.3, 0.4) is 0 Å². The van der Waals surface area contributed by atoms with E-state index in [2.05, 4.69) is 24.4 Å². The number of carboxylic acids is 1. The molecule has 4 heterocycles. The lowest BCUT2D eigenvalue weighted by atomic mass is 9.96. The van der Waals surface area contributed by atoms with Gasteiger partial charge in [0, 0.05) is 43.3 Å². The van der Waals surface area contributed by atoms with Crippen molar-refractivity contribution < 1.29 is 9.90 Å². The zero-order valence-corrected chi connectivity index (χ0v) is 15.8. The van der Waals surface area contributed by atoms with Gasteiger partial charge in [0.15, 0.2) is 0 Å². The van der Waals surface area contributed by atoms with Crippen LogP contribution in [0.4, 0.5) is 5.82 Å². The molecule has 0 amide bonds. The SMILES string of the molecule is Cc1ccc(C(=O)O)c(N2CCCC(c3nccn3Cc3ccccn3)C2)n1. The van der Waals surface area contributed by atoms with Gasteiger partial charge in [0.05, 0.1) is 12.2 Å². The van der Waals surface area contributed by atoms with Gasteiger partial charge < -0.3 is 14.6 Å². The predicted octanol–water partition coefficient (Wildman–Crippen LogP) is 3.11. The van der Waals surface area contributed by atoms with Crippen molar-refractivity contribution in [2.24, 2.45) is 0 Å². The third kappa shape index (κ3) is 3.74. The molecule has 0 aliphatic carbocycles. The Labute approximate surface area is 163 Å². The molecule has 7 nitrogen and oxygen atoms in total. The van der Waals surface area contributed by atoms with Crippen molar-refractivity contribution in [3.63, 3.8) is 0 Å². The number of anilines is 1. The van der Waals surface area contributed by atoms with Crippen molar-refractivity contribution in [2.75, 3.05) is 18.0 Å². The van der Waals surface area contributed by atoms with Gasteiger partial charge in [-0.05, 0) is 44.0 Å². The molecule has 4 rings (SSSR count). The average molecular weight is 377 g/mol. The molecule has 0 aromatic carbocycles. The first-order chi connectivity index (χ1) is 13.6. The maximum absolute atomic E-state index is 11.7. The highest BCUT2D eigenvalue weighted by Gasteiger charge is 2.28. The van der Waals surface area contributed by atoms with E-state index in [1.54, 1.807) is 18.3 Å². The second kappa shape index (κ2) is 7.80. The first kappa shape index (κ1) is 18.2. The fourth-order valence-electron chi connectivity index (χ4n) is 3.81. The molecule has 1 aliphatic rings. The van der Waals surface area contributed by atoms with Gasteiger partial charge in [-0.1, -0.05) is 6.07 Å². The number of aromatic carboxylic acids is 1. The summed E-state index contributed by atoms with van der Waals surface area (Å²) in [4.78, 5) is 27.3. The lowest BCUT2D eigenvalue weighted by Crippen LogP contribution is -2.37. The molecule has 1 N–H and O–H groups in total. The van der Waals surface area contributed by atoms with E-state index in [0.29, 0.717) is 18.9 Å². The molecule has 0 radical (unpaired) electrons. The molecule has 0 saturated carbocycles. The minimum atomic E-state index is -0.943. The highest BCUT2D eigenvalue weighted by molar-refractivity contribution is 5.93. The Bertz CT molecular complexity index is 970. The Balaban J connectivity index is 1.58. The summed E-state index contributed by atoms with van der Waals surface area (Å²) in [5, 5.41) is 9.56. The maximum atomic E-state index is 11.7. The molecule has 1 fully saturated rings. The first-order valence-corrected chi connectivity index (χ1v) is 9.48. The van der Waals surface area contributed by atoms with Crippen LogP contribution in [-0.2, 0) is 6.54 Å². The number of aromatic nitrogens is 4. The van der Waals surface area contributed by atoms with Crippen LogP contribution in [0.1, 0.15) is 46.3 Å². The van der Waals surface area contributed by atoms with E-state index in [1.807, 2.05) is 37.5 Å². The van der Waals surface area contributed by atoms with Crippen LogP contribution in [0, 0.1) is 6.92 Å². The number of aryl methyl sites for hydroxylation is 1. The highest BCUT2D eigenvalue weighted by atomic mass is 16.4. The molecular formula is C21H23N5O2. The summed E-state index contributed by atoms with van der Waals surface area (Å²) >= 11 is 0. The molecule has 1 aliphatic heterocycles. The molecule has 7 heteroatoms. The maximum Gasteiger partial charge on any atom is 0.339 e. The van der Waals surface area contributed by atoms with Crippen LogP contribution < -0.4 is 4.90 Å². The zero-order valence-electron chi connectivity index (χ0n) is 15.8. The topological polar surface area (TPSA) is 84.1 Å². The monoisotopic (exact) mass is 377 g/mol. The van der Waals surface area contributed by atoms with Crippen LogP contribution in [0.5, 0.6) is 0 Å². The Morgan fingerprint density at radius 2 is 2.11 bits per heavy atom. The molecule has 0 bridgehead atoms. The molecule has 144 valence electrons. The van der Waals surface area contributed by atoms with Crippen molar-refractivity contribution in [3.05, 3.63) is 71.7 Å². The van der Waals surface area contributed by atoms with Crippen LogP contribution >= 0.6 is 0 Å². The lowest BCUT2D eigenvalue weighted by molar-refractivity contribution is 0.0697. The number of carbonyl (C=O) groups is 1. The van der Waals surface area contributed by atoms with Crippen molar-refractivity contribution >= 4 is 11.8 Å². The van der Waals surface area contributed by atoms with E-state index in [-0.39, 0.29) is 11.5 Å². The van der Waals surface area contributed by atoms with Crippen LogP contribution in [0.15, 0.2) is 48.9 Å². The van der Waals surface area contributed by atoms with Gasteiger partial charge in [0.2, 0.25) is 0 Å². The molecule has 3 aromatic heterocycles. The smallest absolute Gasteiger partial charge is 0.339 e. The summed E-state index contributed by atoms with van der Waals surface area (Å²) in [7, 11) is 0. The van der Waals surface area contributed by atoms with Gasteiger partial charge in [0.1, 0.15) is 17.2 Å². The standard InChI is InChI=1S/C21H23N5O2/c1-15-7-8-18(21(27)28)20(24-15)25-11-4-5-16(13-25)19-23-10-12-26(19)14-17-6-2-3-9-22-17/h2-3,6-10,12,16H,4-5,11,13-14H2,1H3,(H,27,28). The zero-order chi connectivity index (χ0) is 19.5. The van der Waals surface area contributed by atoms with E-state index in [0.717, 1.165) is 36.6 Å². The Kier molecular flexibility index (Phi) is 5.06. The van der Waals surface area contributed by atoms with Gasteiger partial charge >= 0.3 is 5.97 Å². The number of rotatable bonds is 5. The third-order valence-corrected chi connectivity index (χ3v) is 5.14. The molecular weight excluding hydrogens is 354 g/mol. The molecule has 1 unspecified atom stereocenters. The Morgan fingerprint density at radius 1 is 1.21 bits per heavy atom. The van der Waals surface area contributed by atoms with Gasteiger partial charge in [0.25, 0.3) is 0 Å². The number of imidazole rings is 1. The fourth-order valence-corrected chi connectivity index (χ4v) is 3.81. The summed E-state index contributed by atoms with van der Waals surface area (Å²) in [6.45, 7) is 4.07. The van der Waals surface area contributed by atoms with Crippen molar-refractivity contribution in [3.8, 4) is 0 Å². The van der Waals surface area contributed by atoms with E-state index in [9.17, 15) is 9.90 Å². The predicted molar refractivity (Wildman–Crippen MR) is 106 cm³/mol. The Morgan fingerprint density at radius 3 is 2.89 bits per heavy atom. The van der Waals surface area contributed by atoms with Crippen molar-refractivity contribution in [1.82, 2.24) is 19.5 Å². The van der Waals surface area contributed by atoms with E-state index in [1.165, 1.54) is 0 Å². The second-order valence-corrected chi connectivity index (χ2v) is 7.15. The Hall–Kier alpha value is -3.22. The van der Waals surface area contributed by atoms with Crippen LogP contribution in [0.2, 0.25) is 0 Å². The summed E-state index contributed by atoms with van der Waals surface area (Å²) in [5.74, 6) is 0.845. The van der Waals surface area contributed by atoms with Gasteiger partial charge in [-0.25, -0.2) is 14.8 Å².